The Hall–Kier alpha value is -0.300. The van der Waals surface area contributed by atoms with Gasteiger partial charge in [-0.1, -0.05) is 15.9 Å². The molecule has 0 aliphatic carbocycles. The summed E-state index contributed by atoms with van der Waals surface area (Å²) >= 11 is 5.88. The lowest BCUT2D eigenvalue weighted by Crippen LogP contribution is -2.02. The predicted octanol–water partition coefficient (Wildman–Crippen LogP) is 2.15. The number of hydrogen-bond acceptors (Lipinski definition) is 3. The van der Waals surface area contributed by atoms with Gasteiger partial charge >= 0.3 is 0 Å². The van der Waals surface area contributed by atoms with Crippen molar-refractivity contribution in [1.29, 1.82) is 0 Å². The summed E-state index contributed by atoms with van der Waals surface area (Å²) in [5.74, 6) is -0.733. The van der Waals surface area contributed by atoms with Gasteiger partial charge in [0.25, 0.3) is 0 Å². The summed E-state index contributed by atoms with van der Waals surface area (Å²) in [5.41, 5.74) is -0.218. The van der Waals surface area contributed by atoms with Crippen molar-refractivity contribution >= 4 is 38.1 Å². The lowest BCUT2D eigenvalue weighted by molar-refractivity contribution is -0.0436. The highest BCUT2D eigenvalue weighted by molar-refractivity contribution is 9.11. The Morgan fingerprint density at radius 1 is 1.43 bits per heavy atom. The van der Waals surface area contributed by atoms with Gasteiger partial charge in [0.2, 0.25) is 0 Å². The van der Waals surface area contributed by atoms with E-state index >= 15 is 0 Å². The second-order valence-corrected chi connectivity index (χ2v) is 4.12. The summed E-state index contributed by atoms with van der Waals surface area (Å²) in [6, 6.07) is 1.00. The molecule has 76 valence electrons. The van der Waals surface area contributed by atoms with Gasteiger partial charge in [-0.2, -0.15) is 0 Å². The van der Waals surface area contributed by atoms with Gasteiger partial charge in [0.05, 0.1) is 5.56 Å². The van der Waals surface area contributed by atoms with E-state index < -0.39 is 12.1 Å². The molecule has 1 aromatic carbocycles. The smallest absolute Gasteiger partial charge is 0.180 e. The number of aldehydes is 1. The van der Waals surface area contributed by atoms with Crippen molar-refractivity contribution in [2.75, 3.05) is 0 Å². The molecule has 0 aliphatic rings. The Kier molecular flexibility index (Phi) is 3.77. The number of carbonyl (C=O) groups is 1. The second kappa shape index (κ2) is 4.48. The van der Waals surface area contributed by atoms with Crippen LogP contribution in [-0.4, -0.2) is 16.5 Å². The third kappa shape index (κ3) is 2.03. The Bertz CT molecular complexity index is 379. The number of hydrogen-bond donors (Lipinski definition) is 2. The van der Waals surface area contributed by atoms with Crippen LogP contribution in [0.4, 0.5) is 4.39 Å². The van der Waals surface area contributed by atoms with Gasteiger partial charge in [-0.3, -0.25) is 4.79 Å². The molecule has 0 atom stereocenters. The number of aliphatic hydroxyl groups is 2. The first-order valence-electron chi connectivity index (χ1n) is 3.47. The fraction of sp³-hybridized carbons (Fsp3) is 0.125. The first-order chi connectivity index (χ1) is 6.49. The molecular weight excluding hydrogens is 323 g/mol. The summed E-state index contributed by atoms with van der Waals surface area (Å²) in [5, 5.41) is 17.9. The van der Waals surface area contributed by atoms with Crippen LogP contribution in [0.2, 0.25) is 0 Å². The fourth-order valence-corrected chi connectivity index (χ4v) is 2.54. The van der Waals surface area contributed by atoms with E-state index in [1.54, 1.807) is 0 Å². The highest BCUT2D eigenvalue weighted by Crippen LogP contribution is 2.33. The Balaban J connectivity index is 3.51. The van der Waals surface area contributed by atoms with Crippen LogP contribution < -0.4 is 0 Å². The first-order valence-corrected chi connectivity index (χ1v) is 5.06. The van der Waals surface area contributed by atoms with Crippen molar-refractivity contribution in [3.05, 3.63) is 32.0 Å². The topological polar surface area (TPSA) is 57.5 Å². The van der Waals surface area contributed by atoms with Crippen molar-refractivity contribution in [3.8, 4) is 0 Å². The normalized spacial score (nSPS) is 10.7. The van der Waals surface area contributed by atoms with E-state index in [2.05, 4.69) is 31.9 Å². The molecule has 1 aromatic rings. The van der Waals surface area contributed by atoms with Crippen molar-refractivity contribution in [2.45, 2.75) is 6.29 Å². The van der Waals surface area contributed by atoms with Crippen LogP contribution in [0.1, 0.15) is 22.2 Å². The minimum absolute atomic E-state index is 0.0218. The molecule has 0 amide bonds. The maximum absolute atomic E-state index is 13.1. The average molecular weight is 328 g/mol. The number of aliphatic hydroxyl groups excluding tert-OH is 1. The number of benzene rings is 1. The Labute approximate surface area is 95.8 Å². The zero-order valence-electron chi connectivity index (χ0n) is 6.67. The van der Waals surface area contributed by atoms with E-state index in [4.69, 9.17) is 10.2 Å². The predicted molar refractivity (Wildman–Crippen MR) is 54.4 cm³/mol. The van der Waals surface area contributed by atoms with Gasteiger partial charge in [0.15, 0.2) is 12.6 Å². The molecule has 0 spiro atoms. The molecule has 0 unspecified atom stereocenters. The maximum atomic E-state index is 13.1. The molecule has 0 radical (unpaired) electrons. The highest BCUT2D eigenvalue weighted by Gasteiger charge is 2.18. The van der Waals surface area contributed by atoms with Gasteiger partial charge in [0.1, 0.15) is 5.82 Å². The number of halogens is 3. The number of carbonyl (C=O) groups excluding carboxylic acids is 1. The van der Waals surface area contributed by atoms with Gasteiger partial charge in [0, 0.05) is 14.5 Å². The van der Waals surface area contributed by atoms with Crippen LogP contribution in [-0.2, 0) is 0 Å². The van der Waals surface area contributed by atoms with E-state index in [0.717, 1.165) is 6.07 Å². The van der Waals surface area contributed by atoms with Crippen LogP contribution in [0.3, 0.4) is 0 Å². The maximum Gasteiger partial charge on any atom is 0.180 e. The zero-order valence-corrected chi connectivity index (χ0v) is 9.84. The van der Waals surface area contributed by atoms with Crippen LogP contribution in [0.15, 0.2) is 15.0 Å². The monoisotopic (exact) mass is 326 g/mol. The van der Waals surface area contributed by atoms with E-state index in [9.17, 15) is 9.18 Å². The van der Waals surface area contributed by atoms with E-state index in [1.807, 2.05) is 0 Å². The third-order valence-corrected chi connectivity index (χ3v) is 3.13. The summed E-state index contributed by atoms with van der Waals surface area (Å²) in [6.07, 6.45) is -1.48. The van der Waals surface area contributed by atoms with Crippen LogP contribution in [0, 0.1) is 5.82 Å². The molecular formula is C8H5Br2FO3. The lowest BCUT2D eigenvalue weighted by Gasteiger charge is -2.11. The third-order valence-electron chi connectivity index (χ3n) is 1.62. The van der Waals surface area contributed by atoms with Crippen LogP contribution in [0.5, 0.6) is 0 Å². The Morgan fingerprint density at radius 3 is 2.43 bits per heavy atom. The van der Waals surface area contributed by atoms with Crippen molar-refractivity contribution < 1.29 is 19.4 Å². The quantitative estimate of drug-likeness (QED) is 0.646. The molecule has 0 bridgehead atoms. The summed E-state index contributed by atoms with van der Waals surface area (Å²) in [6.45, 7) is 0. The fourth-order valence-electron chi connectivity index (χ4n) is 0.966. The molecule has 0 aromatic heterocycles. The molecule has 0 fully saturated rings. The standard InChI is InChI=1S/C8H5Br2FO3/c9-4-1-5(11)3(2-12)7(10)6(4)8(13)14/h1-2,8,13-14H. The SMILES string of the molecule is O=Cc1c(F)cc(Br)c(C(O)O)c1Br. The molecule has 6 heteroatoms. The highest BCUT2D eigenvalue weighted by atomic mass is 79.9. The molecule has 14 heavy (non-hydrogen) atoms. The van der Waals surface area contributed by atoms with Gasteiger partial charge < -0.3 is 10.2 Å². The minimum atomic E-state index is -1.78. The largest absolute Gasteiger partial charge is 0.364 e. The molecule has 0 aliphatic heterocycles. The average Bonchev–Trinajstić information content (AvgIpc) is 2.02. The van der Waals surface area contributed by atoms with Crippen molar-refractivity contribution in [3.63, 3.8) is 0 Å². The molecule has 3 nitrogen and oxygen atoms in total. The molecule has 0 saturated heterocycles. The molecule has 0 heterocycles. The van der Waals surface area contributed by atoms with Crippen LogP contribution >= 0.6 is 31.9 Å². The molecule has 0 saturated carbocycles. The van der Waals surface area contributed by atoms with E-state index in [0.29, 0.717) is 6.29 Å². The summed E-state index contributed by atoms with van der Waals surface area (Å²) in [4.78, 5) is 10.5. The molecule has 1 rings (SSSR count). The second-order valence-electron chi connectivity index (χ2n) is 2.47. The van der Waals surface area contributed by atoms with E-state index in [1.165, 1.54) is 0 Å². The van der Waals surface area contributed by atoms with Crippen molar-refractivity contribution in [2.24, 2.45) is 0 Å². The Morgan fingerprint density at radius 2 is 2.00 bits per heavy atom. The number of rotatable bonds is 2. The lowest BCUT2D eigenvalue weighted by atomic mass is 10.1. The van der Waals surface area contributed by atoms with Gasteiger partial charge in [-0.15, -0.1) is 0 Å². The summed E-state index contributed by atoms with van der Waals surface area (Å²) in [7, 11) is 0. The van der Waals surface area contributed by atoms with Gasteiger partial charge in [-0.25, -0.2) is 4.39 Å². The minimum Gasteiger partial charge on any atom is -0.364 e. The van der Waals surface area contributed by atoms with Crippen LogP contribution in [0.25, 0.3) is 0 Å². The zero-order chi connectivity index (χ0) is 10.9. The van der Waals surface area contributed by atoms with Gasteiger partial charge in [-0.05, 0) is 22.0 Å². The first kappa shape index (κ1) is 11.8. The van der Waals surface area contributed by atoms with E-state index in [-0.39, 0.29) is 20.1 Å². The summed E-state index contributed by atoms with van der Waals surface area (Å²) < 4.78 is 13.3. The van der Waals surface area contributed by atoms with Crippen molar-refractivity contribution in [1.82, 2.24) is 0 Å². The molecule has 2 N–H and O–H groups in total.